The van der Waals surface area contributed by atoms with Gasteiger partial charge in [0.05, 0.1) is 23.2 Å². The van der Waals surface area contributed by atoms with Gasteiger partial charge in [0.1, 0.15) is 11.5 Å². The van der Waals surface area contributed by atoms with Crippen LogP contribution in [-0.2, 0) is 7.05 Å². The molecule has 8 nitrogen and oxygen atoms in total. The van der Waals surface area contributed by atoms with E-state index in [1.165, 1.54) is 0 Å². The maximum atomic E-state index is 9.47. The number of nitrogens with zero attached hydrogens (tertiary/aromatic N) is 5. The Morgan fingerprint density at radius 1 is 1.26 bits per heavy atom. The van der Waals surface area contributed by atoms with Crippen LogP contribution >= 0.6 is 0 Å². The molecule has 0 aromatic carbocycles. The Morgan fingerprint density at radius 3 is 2.93 bits per heavy atom. The van der Waals surface area contributed by atoms with Gasteiger partial charge in [-0.25, -0.2) is 19.9 Å². The minimum atomic E-state index is -0.481. The van der Waals surface area contributed by atoms with Crippen LogP contribution < -0.4 is 5.32 Å². The summed E-state index contributed by atoms with van der Waals surface area (Å²) in [5.41, 5.74) is 4.25. The molecule has 0 saturated heterocycles. The van der Waals surface area contributed by atoms with Gasteiger partial charge in [0.15, 0.2) is 0 Å². The van der Waals surface area contributed by atoms with Crippen molar-refractivity contribution in [3.05, 3.63) is 42.6 Å². The van der Waals surface area contributed by atoms with Gasteiger partial charge in [-0.15, -0.1) is 0 Å². The number of pyridine rings is 1. The van der Waals surface area contributed by atoms with Crippen LogP contribution in [0, 0.1) is 6.92 Å². The Morgan fingerprint density at radius 2 is 2.11 bits per heavy atom. The van der Waals surface area contributed by atoms with E-state index >= 15 is 0 Å². The molecule has 1 unspecified atom stereocenters. The second kappa shape index (κ2) is 6.81. The quantitative estimate of drug-likeness (QED) is 0.503. The SMILES string of the molecule is Cc1nc(-c2cnc3[nH]ccc3c2)c(-c2ccnc(NCC(C)O)n2)n1C. The number of aromatic amines is 1. The molecule has 27 heavy (non-hydrogen) atoms. The van der Waals surface area contributed by atoms with Gasteiger partial charge in [-0.3, -0.25) is 0 Å². The average Bonchev–Trinajstić information content (AvgIpc) is 3.24. The second-order valence-electron chi connectivity index (χ2n) is 6.55. The lowest BCUT2D eigenvalue weighted by molar-refractivity contribution is 0.208. The Kier molecular flexibility index (Phi) is 4.33. The third-order valence-corrected chi connectivity index (χ3v) is 4.45. The number of imidazole rings is 1. The molecule has 0 aliphatic heterocycles. The molecule has 1 atom stereocenters. The van der Waals surface area contributed by atoms with Crippen molar-refractivity contribution in [3.8, 4) is 22.6 Å². The number of aromatic nitrogens is 6. The Labute approximate surface area is 156 Å². The number of H-pyrrole nitrogens is 1. The van der Waals surface area contributed by atoms with Crippen molar-refractivity contribution in [2.75, 3.05) is 11.9 Å². The number of aliphatic hydroxyl groups excluding tert-OH is 1. The van der Waals surface area contributed by atoms with Gasteiger partial charge in [-0.05, 0) is 32.0 Å². The molecule has 0 radical (unpaired) electrons. The fourth-order valence-electron chi connectivity index (χ4n) is 2.99. The smallest absolute Gasteiger partial charge is 0.223 e. The van der Waals surface area contributed by atoms with Crippen LogP contribution in [0.3, 0.4) is 0 Å². The minimum absolute atomic E-state index is 0.384. The van der Waals surface area contributed by atoms with Gasteiger partial charge in [0.2, 0.25) is 5.95 Å². The summed E-state index contributed by atoms with van der Waals surface area (Å²) in [7, 11) is 1.97. The van der Waals surface area contributed by atoms with Gasteiger partial charge < -0.3 is 20.0 Å². The molecule has 0 aliphatic carbocycles. The molecular weight excluding hydrogens is 342 g/mol. The van der Waals surface area contributed by atoms with Crippen LogP contribution in [0.5, 0.6) is 0 Å². The second-order valence-corrected chi connectivity index (χ2v) is 6.55. The van der Waals surface area contributed by atoms with Gasteiger partial charge in [-0.1, -0.05) is 0 Å². The molecule has 138 valence electrons. The Hall–Kier alpha value is -3.26. The number of nitrogens with one attached hydrogen (secondary N) is 2. The van der Waals surface area contributed by atoms with E-state index in [1.807, 2.05) is 43.1 Å². The molecule has 8 heteroatoms. The first-order valence-electron chi connectivity index (χ1n) is 8.75. The van der Waals surface area contributed by atoms with Gasteiger partial charge in [0, 0.05) is 43.1 Å². The molecular formula is C19H21N7O. The van der Waals surface area contributed by atoms with Crippen LogP contribution in [0.4, 0.5) is 5.95 Å². The van der Waals surface area contributed by atoms with Crippen LogP contribution in [0.25, 0.3) is 33.7 Å². The first kappa shape index (κ1) is 17.2. The van der Waals surface area contributed by atoms with E-state index < -0.39 is 6.10 Å². The predicted octanol–water partition coefficient (Wildman–Crippen LogP) is 2.52. The summed E-state index contributed by atoms with van der Waals surface area (Å²) in [5, 5.41) is 13.5. The van der Waals surface area contributed by atoms with Crippen molar-refractivity contribution in [2.45, 2.75) is 20.0 Å². The summed E-state index contributed by atoms with van der Waals surface area (Å²) >= 11 is 0. The molecule has 0 bridgehead atoms. The molecule has 0 aliphatic rings. The normalized spacial score (nSPS) is 12.4. The minimum Gasteiger partial charge on any atom is -0.392 e. The van der Waals surface area contributed by atoms with E-state index in [1.54, 1.807) is 13.1 Å². The van der Waals surface area contributed by atoms with E-state index in [2.05, 4.69) is 31.3 Å². The van der Waals surface area contributed by atoms with E-state index in [0.29, 0.717) is 12.5 Å². The highest BCUT2D eigenvalue weighted by molar-refractivity contribution is 5.84. The number of hydrogen-bond donors (Lipinski definition) is 3. The van der Waals surface area contributed by atoms with Crippen molar-refractivity contribution < 1.29 is 5.11 Å². The molecule has 0 amide bonds. The van der Waals surface area contributed by atoms with E-state index in [4.69, 9.17) is 4.98 Å². The number of hydrogen-bond acceptors (Lipinski definition) is 6. The standard InChI is InChI=1S/C19H21N7O/c1-11(27)9-23-19-21-7-5-15(25-19)17-16(24-12(2)26(17)3)14-8-13-4-6-20-18(13)22-10-14/h4-8,10-11,27H,9H2,1-3H3,(H,20,22)(H,21,23,25). The average molecular weight is 363 g/mol. The fraction of sp³-hybridized carbons (Fsp3) is 0.263. The van der Waals surface area contributed by atoms with Crippen molar-refractivity contribution in [2.24, 2.45) is 7.05 Å². The van der Waals surface area contributed by atoms with Crippen LogP contribution in [0.15, 0.2) is 36.8 Å². The third kappa shape index (κ3) is 3.26. The van der Waals surface area contributed by atoms with Gasteiger partial charge >= 0.3 is 0 Å². The molecule has 4 aromatic heterocycles. The summed E-state index contributed by atoms with van der Waals surface area (Å²) in [6, 6.07) is 5.91. The number of anilines is 1. The summed E-state index contributed by atoms with van der Waals surface area (Å²) < 4.78 is 2.01. The zero-order chi connectivity index (χ0) is 19.0. The Balaban J connectivity index is 1.80. The van der Waals surface area contributed by atoms with Crippen LogP contribution in [0.2, 0.25) is 0 Å². The molecule has 0 fully saturated rings. The molecule has 0 saturated carbocycles. The lowest BCUT2D eigenvalue weighted by Crippen LogP contribution is -2.17. The summed E-state index contributed by atoms with van der Waals surface area (Å²) in [6.45, 7) is 4.06. The van der Waals surface area contributed by atoms with Crippen molar-refractivity contribution in [3.63, 3.8) is 0 Å². The third-order valence-electron chi connectivity index (χ3n) is 4.45. The van der Waals surface area contributed by atoms with E-state index in [0.717, 1.165) is 39.5 Å². The monoisotopic (exact) mass is 363 g/mol. The summed E-state index contributed by atoms with van der Waals surface area (Å²) in [6.07, 6.45) is 4.91. The summed E-state index contributed by atoms with van der Waals surface area (Å²) in [5.74, 6) is 1.35. The highest BCUT2D eigenvalue weighted by Crippen LogP contribution is 2.32. The lowest BCUT2D eigenvalue weighted by atomic mass is 10.1. The first-order chi connectivity index (χ1) is 13.0. The van der Waals surface area contributed by atoms with Crippen molar-refractivity contribution >= 4 is 17.0 Å². The maximum Gasteiger partial charge on any atom is 0.223 e. The predicted molar refractivity (Wildman–Crippen MR) is 104 cm³/mol. The molecule has 4 heterocycles. The molecule has 0 spiro atoms. The summed E-state index contributed by atoms with van der Waals surface area (Å²) in [4.78, 5) is 21.2. The highest BCUT2D eigenvalue weighted by Gasteiger charge is 2.18. The largest absolute Gasteiger partial charge is 0.392 e. The van der Waals surface area contributed by atoms with Crippen LogP contribution in [0.1, 0.15) is 12.7 Å². The zero-order valence-electron chi connectivity index (χ0n) is 15.4. The number of fused-ring (bicyclic) bond motifs is 1. The van der Waals surface area contributed by atoms with Crippen molar-refractivity contribution in [1.82, 2.24) is 29.5 Å². The maximum absolute atomic E-state index is 9.47. The van der Waals surface area contributed by atoms with E-state index in [-0.39, 0.29) is 0 Å². The van der Waals surface area contributed by atoms with Gasteiger partial charge in [-0.2, -0.15) is 0 Å². The first-order valence-corrected chi connectivity index (χ1v) is 8.75. The Bertz CT molecular complexity index is 1100. The molecule has 4 rings (SSSR count). The number of rotatable bonds is 5. The van der Waals surface area contributed by atoms with Crippen LogP contribution in [-0.4, -0.2) is 47.2 Å². The number of aryl methyl sites for hydroxylation is 1. The van der Waals surface area contributed by atoms with Crippen molar-refractivity contribution in [1.29, 1.82) is 0 Å². The zero-order valence-corrected chi connectivity index (χ0v) is 15.4. The fourth-order valence-corrected chi connectivity index (χ4v) is 2.99. The highest BCUT2D eigenvalue weighted by atomic mass is 16.3. The topological polar surface area (TPSA) is 105 Å². The van der Waals surface area contributed by atoms with Gasteiger partial charge in [0.25, 0.3) is 0 Å². The lowest BCUT2D eigenvalue weighted by Gasteiger charge is -2.10. The number of aliphatic hydroxyl groups is 1. The molecule has 3 N–H and O–H groups in total. The molecule has 4 aromatic rings. The van der Waals surface area contributed by atoms with E-state index in [9.17, 15) is 5.11 Å².